The fourth-order valence-electron chi connectivity index (χ4n) is 2.80. The molecule has 0 atom stereocenters. The van der Waals surface area contributed by atoms with Gasteiger partial charge in [0.05, 0.1) is 19.9 Å². The standard InChI is InChI=1S/C23H25FN4O3/c1-4-30-22-13-17(8-10-21(22)29-3)28-23(25-2)27-14-16-7-9-20(19(24)12-16)31-18-6-5-11-26-15-18/h5-13,15H,4,14H2,1-3H3,(H2,25,27,28). The van der Waals surface area contributed by atoms with Crippen LogP contribution in [0.4, 0.5) is 10.1 Å². The van der Waals surface area contributed by atoms with Gasteiger partial charge in [-0.15, -0.1) is 0 Å². The van der Waals surface area contributed by atoms with E-state index in [0.717, 1.165) is 11.3 Å². The lowest BCUT2D eigenvalue weighted by Crippen LogP contribution is -2.30. The van der Waals surface area contributed by atoms with E-state index in [9.17, 15) is 4.39 Å². The van der Waals surface area contributed by atoms with Gasteiger partial charge in [-0.05, 0) is 48.9 Å². The van der Waals surface area contributed by atoms with Crippen molar-refractivity contribution in [3.05, 3.63) is 72.3 Å². The molecule has 3 rings (SSSR count). The Morgan fingerprint density at radius 1 is 1.10 bits per heavy atom. The molecule has 2 aromatic carbocycles. The van der Waals surface area contributed by atoms with E-state index in [2.05, 4.69) is 20.6 Å². The highest BCUT2D eigenvalue weighted by Crippen LogP contribution is 2.30. The molecule has 0 radical (unpaired) electrons. The van der Waals surface area contributed by atoms with E-state index in [4.69, 9.17) is 14.2 Å². The van der Waals surface area contributed by atoms with Crippen LogP contribution < -0.4 is 24.8 Å². The van der Waals surface area contributed by atoms with E-state index in [0.29, 0.717) is 36.4 Å². The van der Waals surface area contributed by atoms with Crippen molar-refractivity contribution in [2.24, 2.45) is 4.99 Å². The number of aromatic nitrogens is 1. The first kappa shape index (κ1) is 21.9. The Hall–Kier alpha value is -3.81. The van der Waals surface area contributed by atoms with Gasteiger partial charge in [-0.25, -0.2) is 4.39 Å². The first-order valence-corrected chi connectivity index (χ1v) is 9.77. The third kappa shape index (κ3) is 6.08. The van der Waals surface area contributed by atoms with E-state index in [1.54, 1.807) is 44.6 Å². The van der Waals surface area contributed by atoms with Gasteiger partial charge in [0.15, 0.2) is 29.0 Å². The predicted octanol–water partition coefficient (Wildman–Crippen LogP) is 4.61. The van der Waals surface area contributed by atoms with Crippen LogP contribution in [0.15, 0.2) is 65.9 Å². The summed E-state index contributed by atoms with van der Waals surface area (Å²) in [6.07, 6.45) is 3.16. The van der Waals surface area contributed by atoms with Gasteiger partial charge in [0, 0.05) is 31.5 Å². The van der Waals surface area contributed by atoms with Crippen molar-refractivity contribution in [1.29, 1.82) is 0 Å². The van der Waals surface area contributed by atoms with Gasteiger partial charge in [-0.2, -0.15) is 0 Å². The fourth-order valence-corrected chi connectivity index (χ4v) is 2.80. The zero-order valence-corrected chi connectivity index (χ0v) is 17.7. The van der Waals surface area contributed by atoms with Crippen molar-refractivity contribution in [3.8, 4) is 23.0 Å². The second kappa shape index (κ2) is 10.8. The number of aliphatic imine (C=N–C) groups is 1. The molecule has 0 saturated heterocycles. The summed E-state index contributed by atoms with van der Waals surface area (Å²) < 4.78 is 30.9. The van der Waals surface area contributed by atoms with Crippen LogP contribution in [-0.4, -0.2) is 31.7 Å². The Bertz CT molecular complexity index is 1030. The van der Waals surface area contributed by atoms with E-state index in [-0.39, 0.29) is 5.75 Å². The van der Waals surface area contributed by atoms with Crippen molar-refractivity contribution in [2.45, 2.75) is 13.5 Å². The molecule has 0 bridgehead atoms. The van der Waals surface area contributed by atoms with E-state index >= 15 is 0 Å². The minimum Gasteiger partial charge on any atom is -0.493 e. The summed E-state index contributed by atoms with van der Waals surface area (Å²) >= 11 is 0. The third-order valence-corrected chi connectivity index (χ3v) is 4.27. The molecule has 1 heterocycles. The quantitative estimate of drug-likeness (QED) is 0.406. The fraction of sp³-hybridized carbons (Fsp3) is 0.217. The highest BCUT2D eigenvalue weighted by atomic mass is 19.1. The van der Waals surface area contributed by atoms with Crippen LogP contribution in [0.25, 0.3) is 0 Å². The zero-order valence-electron chi connectivity index (χ0n) is 17.7. The maximum Gasteiger partial charge on any atom is 0.195 e. The second-order valence-corrected chi connectivity index (χ2v) is 6.40. The van der Waals surface area contributed by atoms with Gasteiger partial charge < -0.3 is 24.8 Å². The molecule has 31 heavy (non-hydrogen) atoms. The van der Waals surface area contributed by atoms with E-state index in [1.807, 2.05) is 25.1 Å². The van der Waals surface area contributed by atoms with Crippen molar-refractivity contribution in [2.75, 3.05) is 26.1 Å². The largest absolute Gasteiger partial charge is 0.493 e. The number of nitrogens with one attached hydrogen (secondary N) is 2. The number of methoxy groups -OCH3 is 1. The molecular weight excluding hydrogens is 399 g/mol. The van der Waals surface area contributed by atoms with Crippen LogP contribution in [-0.2, 0) is 6.54 Å². The van der Waals surface area contributed by atoms with Gasteiger partial charge in [-0.3, -0.25) is 9.98 Å². The first-order valence-electron chi connectivity index (χ1n) is 9.77. The summed E-state index contributed by atoms with van der Waals surface area (Å²) in [6.45, 7) is 2.81. The van der Waals surface area contributed by atoms with Crippen LogP contribution in [0.5, 0.6) is 23.0 Å². The summed E-state index contributed by atoms with van der Waals surface area (Å²) in [6, 6.07) is 13.8. The van der Waals surface area contributed by atoms with Crippen LogP contribution in [0, 0.1) is 5.82 Å². The molecule has 0 aliphatic heterocycles. The molecule has 0 unspecified atom stereocenters. The maximum atomic E-state index is 14.4. The topological polar surface area (TPSA) is 77.0 Å². The number of benzene rings is 2. The molecule has 0 aliphatic carbocycles. The number of ether oxygens (including phenoxy) is 3. The number of hydrogen-bond acceptors (Lipinski definition) is 5. The number of nitrogens with zero attached hydrogens (tertiary/aromatic N) is 2. The summed E-state index contributed by atoms with van der Waals surface area (Å²) in [5, 5.41) is 6.35. The van der Waals surface area contributed by atoms with E-state index in [1.165, 1.54) is 12.3 Å². The lowest BCUT2D eigenvalue weighted by Gasteiger charge is -2.15. The monoisotopic (exact) mass is 424 g/mol. The van der Waals surface area contributed by atoms with Crippen molar-refractivity contribution < 1.29 is 18.6 Å². The predicted molar refractivity (Wildman–Crippen MR) is 119 cm³/mol. The Kier molecular flexibility index (Phi) is 7.64. The van der Waals surface area contributed by atoms with Crippen molar-refractivity contribution in [1.82, 2.24) is 10.3 Å². The molecule has 7 nitrogen and oxygen atoms in total. The summed E-state index contributed by atoms with van der Waals surface area (Å²) in [7, 11) is 3.26. The van der Waals surface area contributed by atoms with Crippen LogP contribution in [0.3, 0.4) is 0 Å². The maximum absolute atomic E-state index is 14.4. The van der Waals surface area contributed by atoms with Gasteiger partial charge in [0.25, 0.3) is 0 Å². The molecule has 1 aromatic heterocycles. The normalized spacial score (nSPS) is 11.0. The lowest BCUT2D eigenvalue weighted by molar-refractivity contribution is 0.311. The van der Waals surface area contributed by atoms with Crippen molar-refractivity contribution >= 4 is 11.6 Å². The number of rotatable bonds is 8. The van der Waals surface area contributed by atoms with Crippen molar-refractivity contribution in [3.63, 3.8) is 0 Å². The molecule has 0 aliphatic rings. The Morgan fingerprint density at radius 3 is 2.61 bits per heavy atom. The Labute approximate surface area is 180 Å². The average Bonchev–Trinajstić information content (AvgIpc) is 2.79. The minimum absolute atomic E-state index is 0.140. The molecule has 0 saturated carbocycles. The number of halogens is 1. The highest BCUT2D eigenvalue weighted by molar-refractivity contribution is 5.93. The number of guanidine groups is 1. The molecule has 0 amide bonds. The summed E-state index contributed by atoms with van der Waals surface area (Å²) in [5.74, 6) is 1.98. The smallest absolute Gasteiger partial charge is 0.195 e. The zero-order chi connectivity index (χ0) is 22.1. The van der Waals surface area contributed by atoms with Crippen LogP contribution in [0.2, 0.25) is 0 Å². The Balaban J connectivity index is 1.62. The number of pyridine rings is 1. The molecule has 8 heteroatoms. The first-order chi connectivity index (χ1) is 15.1. The second-order valence-electron chi connectivity index (χ2n) is 6.40. The third-order valence-electron chi connectivity index (χ3n) is 4.27. The molecule has 2 N–H and O–H groups in total. The Morgan fingerprint density at radius 2 is 1.94 bits per heavy atom. The molecule has 0 fully saturated rings. The van der Waals surface area contributed by atoms with Gasteiger partial charge in [0.2, 0.25) is 0 Å². The van der Waals surface area contributed by atoms with Crippen LogP contribution >= 0.6 is 0 Å². The highest BCUT2D eigenvalue weighted by Gasteiger charge is 2.09. The van der Waals surface area contributed by atoms with Gasteiger partial charge in [-0.1, -0.05) is 6.07 Å². The van der Waals surface area contributed by atoms with Crippen LogP contribution in [0.1, 0.15) is 12.5 Å². The summed E-state index contributed by atoms with van der Waals surface area (Å²) in [5.41, 5.74) is 1.52. The molecule has 3 aromatic rings. The average molecular weight is 424 g/mol. The SMILES string of the molecule is CCOc1cc(NC(=NC)NCc2ccc(Oc3cccnc3)c(F)c2)ccc1OC. The lowest BCUT2D eigenvalue weighted by atomic mass is 10.2. The molecule has 0 spiro atoms. The number of hydrogen-bond donors (Lipinski definition) is 2. The molecule has 162 valence electrons. The number of anilines is 1. The minimum atomic E-state index is -0.456. The molecular formula is C23H25FN4O3. The summed E-state index contributed by atoms with van der Waals surface area (Å²) in [4.78, 5) is 8.16. The van der Waals surface area contributed by atoms with Gasteiger partial charge in [0.1, 0.15) is 5.75 Å². The van der Waals surface area contributed by atoms with E-state index < -0.39 is 5.82 Å². The van der Waals surface area contributed by atoms with Gasteiger partial charge >= 0.3 is 0 Å².